The lowest BCUT2D eigenvalue weighted by molar-refractivity contribution is 0.0303. The van der Waals surface area contributed by atoms with Crippen molar-refractivity contribution < 1.29 is 9.53 Å². The Hall–Kier alpha value is -2.24. The fourth-order valence-electron chi connectivity index (χ4n) is 2.70. The Kier molecular flexibility index (Phi) is 3.81. The molecule has 4 nitrogen and oxygen atoms in total. The summed E-state index contributed by atoms with van der Waals surface area (Å²) < 4.78 is 6.47. The van der Waals surface area contributed by atoms with Crippen LogP contribution in [0.25, 0.3) is 20.8 Å². The molecule has 1 amide bonds. The molecule has 1 fully saturated rings. The van der Waals surface area contributed by atoms with Gasteiger partial charge in [0, 0.05) is 24.2 Å². The molecular weight excluding hydrogens is 308 g/mol. The smallest absolute Gasteiger partial charge is 0.254 e. The lowest BCUT2D eigenvalue weighted by Gasteiger charge is -2.26. The van der Waals surface area contributed by atoms with E-state index in [2.05, 4.69) is 11.1 Å². The zero-order chi connectivity index (χ0) is 15.6. The molecular formula is C18H16N2O2S. The van der Waals surface area contributed by atoms with Crippen LogP contribution < -0.4 is 0 Å². The maximum atomic E-state index is 12.4. The van der Waals surface area contributed by atoms with Crippen molar-refractivity contribution in [3.8, 4) is 10.6 Å². The van der Waals surface area contributed by atoms with Gasteiger partial charge in [-0.1, -0.05) is 24.3 Å². The lowest BCUT2D eigenvalue weighted by Crippen LogP contribution is -2.40. The molecule has 0 aliphatic carbocycles. The van der Waals surface area contributed by atoms with Crippen molar-refractivity contribution in [2.75, 3.05) is 26.3 Å². The van der Waals surface area contributed by atoms with Crippen LogP contribution in [0, 0.1) is 0 Å². The van der Waals surface area contributed by atoms with Crippen molar-refractivity contribution in [3.05, 3.63) is 54.1 Å². The fourth-order valence-corrected chi connectivity index (χ4v) is 3.67. The number of hydrogen-bond acceptors (Lipinski definition) is 4. The monoisotopic (exact) mass is 324 g/mol. The second-order valence-electron chi connectivity index (χ2n) is 5.47. The van der Waals surface area contributed by atoms with Gasteiger partial charge in [0.25, 0.3) is 5.91 Å². The SMILES string of the molecule is O=C(c1ccc(-c2nc3ccccc3s2)cc1)N1CCOCC1. The van der Waals surface area contributed by atoms with Gasteiger partial charge >= 0.3 is 0 Å². The van der Waals surface area contributed by atoms with Crippen molar-refractivity contribution in [1.82, 2.24) is 9.88 Å². The second kappa shape index (κ2) is 6.10. The molecule has 0 N–H and O–H groups in total. The molecule has 0 unspecified atom stereocenters. The first kappa shape index (κ1) is 14.4. The van der Waals surface area contributed by atoms with Gasteiger partial charge in [-0.15, -0.1) is 11.3 Å². The molecule has 3 aromatic rings. The third-order valence-corrected chi connectivity index (χ3v) is 5.06. The summed E-state index contributed by atoms with van der Waals surface area (Å²) in [5, 5.41) is 0.983. The summed E-state index contributed by atoms with van der Waals surface area (Å²) in [6.45, 7) is 2.57. The maximum Gasteiger partial charge on any atom is 0.254 e. The predicted octanol–water partition coefficient (Wildman–Crippen LogP) is 3.44. The highest BCUT2D eigenvalue weighted by Gasteiger charge is 2.18. The Morgan fingerprint density at radius 3 is 2.52 bits per heavy atom. The third-order valence-electron chi connectivity index (χ3n) is 3.97. The molecule has 0 saturated carbocycles. The molecule has 116 valence electrons. The van der Waals surface area contributed by atoms with Crippen molar-refractivity contribution >= 4 is 27.5 Å². The highest BCUT2D eigenvalue weighted by molar-refractivity contribution is 7.21. The Morgan fingerprint density at radius 2 is 1.78 bits per heavy atom. The number of carbonyl (C=O) groups is 1. The van der Waals surface area contributed by atoms with Crippen LogP contribution in [0.3, 0.4) is 0 Å². The number of thiazole rings is 1. The highest BCUT2D eigenvalue weighted by atomic mass is 32.1. The molecule has 0 bridgehead atoms. The Morgan fingerprint density at radius 1 is 1.04 bits per heavy atom. The maximum absolute atomic E-state index is 12.4. The lowest BCUT2D eigenvalue weighted by atomic mass is 10.1. The molecule has 5 heteroatoms. The molecule has 4 rings (SSSR count). The number of amides is 1. The number of nitrogens with zero attached hydrogens (tertiary/aromatic N) is 2. The first-order valence-corrected chi connectivity index (χ1v) is 8.46. The standard InChI is InChI=1S/C18H16N2O2S/c21-18(20-9-11-22-12-10-20)14-7-5-13(6-8-14)17-19-15-3-1-2-4-16(15)23-17/h1-8H,9-12H2. The fraction of sp³-hybridized carbons (Fsp3) is 0.222. The minimum absolute atomic E-state index is 0.0733. The van der Waals surface area contributed by atoms with Gasteiger partial charge in [0.1, 0.15) is 5.01 Å². The van der Waals surface area contributed by atoms with Crippen LogP contribution in [0.15, 0.2) is 48.5 Å². The number of para-hydroxylation sites is 1. The summed E-state index contributed by atoms with van der Waals surface area (Å²) in [6.07, 6.45) is 0. The quantitative estimate of drug-likeness (QED) is 0.725. The van der Waals surface area contributed by atoms with E-state index in [1.54, 1.807) is 11.3 Å². The zero-order valence-electron chi connectivity index (χ0n) is 12.6. The summed E-state index contributed by atoms with van der Waals surface area (Å²) in [7, 11) is 0. The number of aromatic nitrogens is 1. The Balaban J connectivity index is 1.58. The normalized spacial score (nSPS) is 15.0. The van der Waals surface area contributed by atoms with Crippen LogP contribution in [0.1, 0.15) is 10.4 Å². The molecule has 0 atom stereocenters. The number of ether oxygens (including phenoxy) is 1. The average molecular weight is 324 g/mol. The zero-order valence-corrected chi connectivity index (χ0v) is 13.4. The summed E-state index contributed by atoms with van der Waals surface area (Å²) in [4.78, 5) is 18.9. The summed E-state index contributed by atoms with van der Waals surface area (Å²) in [5.41, 5.74) is 2.78. The molecule has 2 heterocycles. The van der Waals surface area contributed by atoms with E-state index < -0.39 is 0 Å². The first-order valence-electron chi connectivity index (χ1n) is 7.64. The minimum atomic E-state index is 0.0733. The molecule has 1 saturated heterocycles. The number of hydrogen-bond donors (Lipinski definition) is 0. The van der Waals surface area contributed by atoms with E-state index in [1.807, 2.05) is 47.4 Å². The van der Waals surface area contributed by atoms with E-state index >= 15 is 0 Å². The largest absolute Gasteiger partial charge is 0.378 e. The van der Waals surface area contributed by atoms with E-state index in [-0.39, 0.29) is 5.91 Å². The van der Waals surface area contributed by atoms with E-state index in [4.69, 9.17) is 4.74 Å². The Bertz CT molecular complexity index is 803. The van der Waals surface area contributed by atoms with Crippen molar-refractivity contribution in [1.29, 1.82) is 0 Å². The number of fused-ring (bicyclic) bond motifs is 1. The van der Waals surface area contributed by atoms with Gasteiger partial charge in [-0.25, -0.2) is 4.98 Å². The van der Waals surface area contributed by atoms with Crippen molar-refractivity contribution in [2.24, 2.45) is 0 Å². The molecule has 1 aromatic heterocycles. The molecule has 0 radical (unpaired) electrons. The molecule has 1 aliphatic heterocycles. The van der Waals surface area contributed by atoms with E-state index in [0.29, 0.717) is 26.3 Å². The average Bonchev–Trinajstić information content (AvgIpc) is 3.06. The van der Waals surface area contributed by atoms with Gasteiger partial charge in [-0.05, 0) is 24.3 Å². The van der Waals surface area contributed by atoms with Crippen LogP contribution in [-0.4, -0.2) is 42.1 Å². The van der Waals surface area contributed by atoms with Crippen LogP contribution in [-0.2, 0) is 4.74 Å². The van der Waals surface area contributed by atoms with Gasteiger partial charge in [0.2, 0.25) is 0 Å². The molecule has 0 spiro atoms. The van der Waals surface area contributed by atoms with E-state index in [1.165, 1.54) is 4.70 Å². The second-order valence-corrected chi connectivity index (χ2v) is 6.50. The third kappa shape index (κ3) is 2.85. The van der Waals surface area contributed by atoms with Gasteiger partial charge < -0.3 is 9.64 Å². The van der Waals surface area contributed by atoms with Crippen LogP contribution in [0.4, 0.5) is 0 Å². The predicted molar refractivity (Wildman–Crippen MR) is 91.8 cm³/mol. The Labute approximate surface area is 138 Å². The topological polar surface area (TPSA) is 42.4 Å². The molecule has 1 aliphatic rings. The van der Waals surface area contributed by atoms with Crippen molar-refractivity contribution in [3.63, 3.8) is 0 Å². The summed E-state index contributed by atoms with van der Waals surface area (Å²) in [6, 6.07) is 15.8. The summed E-state index contributed by atoms with van der Waals surface area (Å²) >= 11 is 1.67. The highest BCUT2D eigenvalue weighted by Crippen LogP contribution is 2.30. The number of morpholine rings is 1. The van der Waals surface area contributed by atoms with Crippen LogP contribution >= 0.6 is 11.3 Å². The number of carbonyl (C=O) groups excluding carboxylic acids is 1. The number of benzene rings is 2. The van der Waals surface area contributed by atoms with Gasteiger partial charge in [-0.2, -0.15) is 0 Å². The van der Waals surface area contributed by atoms with Crippen molar-refractivity contribution in [2.45, 2.75) is 0 Å². The molecule has 23 heavy (non-hydrogen) atoms. The van der Waals surface area contributed by atoms with Gasteiger partial charge in [0.15, 0.2) is 0 Å². The van der Waals surface area contributed by atoms with Gasteiger partial charge in [0.05, 0.1) is 23.4 Å². The summed E-state index contributed by atoms with van der Waals surface area (Å²) in [5.74, 6) is 0.0733. The van der Waals surface area contributed by atoms with E-state index in [0.717, 1.165) is 21.7 Å². The van der Waals surface area contributed by atoms with Crippen LogP contribution in [0.2, 0.25) is 0 Å². The first-order chi connectivity index (χ1) is 11.3. The minimum Gasteiger partial charge on any atom is -0.378 e. The van der Waals surface area contributed by atoms with E-state index in [9.17, 15) is 4.79 Å². The van der Waals surface area contributed by atoms with Gasteiger partial charge in [-0.3, -0.25) is 4.79 Å². The molecule has 2 aromatic carbocycles. The number of rotatable bonds is 2. The van der Waals surface area contributed by atoms with Crippen LogP contribution in [0.5, 0.6) is 0 Å².